The average molecular weight is 493 g/mol. The average Bonchev–Trinajstić information content (AvgIpc) is 2.86. The molecule has 0 radical (unpaired) electrons. The number of hydrogen-bond donors (Lipinski definition) is 1. The van der Waals surface area contributed by atoms with Crippen LogP contribution in [0.5, 0.6) is 0 Å². The van der Waals surface area contributed by atoms with Crippen molar-refractivity contribution in [3.05, 3.63) is 114 Å². The Labute approximate surface area is 208 Å². The van der Waals surface area contributed by atoms with Crippen LogP contribution in [0.3, 0.4) is 0 Å². The maximum atomic E-state index is 12.8. The van der Waals surface area contributed by atoms with Gasteiger partial charge in [-0.25, -0.2) is 8.42 Å². The molecule has 1 N–H and O–H groups in total. The standard InChI is InChI=1S/C28H32N2O4S/c1-23-16-18-26(19-17-23)35(32,33)29-27(28(31)34-2)15-9-10-20-30(21-24-11-5-3-6-12-24)22-25-13-7-4-8-14-25/h3-14,16-19,27,29H,15,20-22H2,1-2H3/b10-9-/t27-/m0/s1. The minimum absolute atomic E-state index is 0.109. The van der Waals surface area contributed by atoms with Crippen molar-refractivity contribution in [2.75, 3.05) is 13.7 Å². The summed E-state index contributed by atoms with van der Waals surface area (Å²) >= 11 is 0. The van der Waals surface area contributed by atoms with E-state index in [0.717, 1.165) is 18.7 Å². The summed E-state index contributed by atoms with van der Waals surface area (Å²) < 4.78 is 32.9. The van der Waals surface area contributed by atoms with Gasteiger partial charge in [-0.2, -0.15) is 4.72 Å². The summed E-state index contributed by atoms with van der Waals surface area (Å²) in [6.45, 7) is 4.05. The molecule has 0 saturated heterocycles. The highest BCUT2D eigenvalue weighted by Crippen LogP contribution is 2.13. The first-order valence-electron chi connectivity index (χ1n) is 11.5. The Hall–Kier alpha value is -3.26. The third kappa shape index (κ3) is 8.47. The van der Waals surface area contributed by atoms with Crippen LogP contribution in [0.4, 0.5) is 0 Å². The van der Waals surface area contributed by atoms with E-state index in [1.165, 1.54) is 30.4 Å². The summed E-state index contributed by atoms with van der Waals surface area (Å²) in [5.74, 6) is -0.629. The Balaban J connectivity index is 1.67. The van der Waals surface area contributed by atoms with Crippen LogP contribution < -0.4 is 4.72 Å². The molecule has 6 nitrogen and oxygen atoms in total. The first-order valence-corrected chi connectivity index (χ1v) is 13.0. The van der Waals surface area contributed by atoms with E-state index < -0.39 is 22.0 Å². The molecule has 0 heterocycles. The third-order valence-electron chi connectivity index (χ3n) is 5.51. The number of nitrogens with zero attached hydrogens (tertiary/aromatic N) is 1. The monoisotopic (exact) mass is 492 g/mol. The Bertz CT molecular complexity index is 1150. The molecule has 0 aliphatic rings. The number of rotatable bonds is 12. The maximum absolute atomic E-state index is 12.8. The van der Waals surface area contributed by atoms with Gasteiger partial charge in [-0.1, -0.05) is 90.5 Å². The lowest BCUT2D eigenvalue weighted by atomic mass is 10.1. The number of carbonyl (C=O) groups is 1. The predicted octanol–water partition coefficient (Wildman–Crippen LogP) is 4.46. The molecule has 184 valence electrons. The Morgan fingerprint density at radius 2 is 1.43 bits per heavy atom. The highest BCUT2D eigenvalue weighted by atomic mass is 32.2. The molecule has 3 aromatic carbocycles. The first kappa shape index (κ1) is 26.3. The van der Waals surface area contributed by atoms with Crippen molar-refractivity contribution in [3.63, 3.8) is 0 Å². The number of methoxy groups -OCH3 is 1. The second-order valence-corrected chi connectivity index (χ2v) is 10.1. The Morgan fingerprint density at radius 1 is 0.886 bits per heavy atom. The van der Waals surface area contributed by atoms with Crippen molar-refractivity contribution in [1.29, 1.82) is 0 Å². The second-order valence-electron chi connectivity index (χ2n) is 8.36. The van der Waals surface area contributed by atoms with Crippen LogP contribution in [0.25, 0.3) is 0 Å². The van der Waals surface area contributed by atoms with Crippen LogP contribution in [0.15, 0.2) is 102 Å². The minimum Gasteiger partial charge on any atom is -0.468 e. The van der Waals surface area contributed by atoms with Gasteiger partial charge in [0, 0.05) is 19.6 Å². The fraction of sp³-hybridized carbons (Fsp3) is 0.250. The zero-order chi connectivity index (χ0) is 25.1. The number of carbonyl (C=O) groups excluding carboxylic acids is 1. The molecule has 0 bridgehead atoms. The van der Waals surface area contributed by atoms with Crippen LogP contribution in [-0.4, -0.2) is 39.0 Å². The quantitative estimate of drug-likeness (QED) is 0.298. The molecule has 0 unspecified atom stereocenters. The van der Waals surface area contributed by atoms with Crippen LogP contribution in [0.1, 0.15) is 23.1 Å². The maximum Gasteiger partial charge on any atom is 0.324 e. The topological polar surface area (TPSA) is 75.7 Å². The van der Waals surface area contributed by atoms with Crippen LogP contribution in [-0.2, 0) is 32.6 Å². The molecule has 3 aromatic rings. The summed E-state index contributed by atoms with van der Waals surface area (Å²) in [5.41, 5.74) is 3.36. The van der Waals surface area contributed by atoms with E-state index >= 15 is 0 Å². The van der Waals surface area contributed by atoms with Gasteiger partial charge in [-0.05, 0) is 36.6 Å². The minimum atomic E-state index is -3.86. The van der Waals surface area contributed by atoms with E-state index in [9.17, 15) is 13.2 Å². The number of benzene rings is 3. The van der Waals surface area contributed by atoms with Crippen molar-refractivity contribution in [1.82, 2.24) is 9.62 Å². The molecule has 7 heteroatoms. The van der Waals surface area contributed by atoms with Crippen LogP contribution in [0.2, 0.25) is 0 Å². The Morgan fingerprint density at radius 3 is 1.94 bits per heavy atom. The van der Waals surface area contributed by atoms with E-state index in [0.29, 0.717) is 6.54 Å². The molecule has 0 aromatic heterocycles. The zero-order valence-electron chi connectivity index (χ0n) is 20.1. The molecule has 0 aliphatic carbocycles. The molecule has 1 atom stereocenters. The van der Waals surface area contributed by atoms with Crippen LogP contribution >= 0.6 is 0 Å². The van der Waals surface area contributed by atoms with E-state index in [1.807, 2.05) is 55.5 Å². The molecule has 35 heavy (non-hydrogen) atoms. The number of nitrogens with one attached hydrogen (secondary N) is 1. The van der Waals surface area contributed by atoms with Crippen molar-refractivity contribution in [2.24, 2.45) is 0 Å². The van der Waals surface area contributed by atoms with E-state index in [-0.39, 0.29) is 11.3 Å². The fourth-order valence-electron chi connectivity index (χ4n) is 3.63. The highest BCUT2D eigenvalue weighted by Gasteiger charge is 2.25. The van der Waals surface area contributed by atoms with Crippen molar-refractivity contribution in [2.45, 2.75) is 37.4 Å². The van der Waals surface area contributed by atoms with Gasteiger partial charge in [0.2, 0.25) is 10.0 Å². The Kier molecular flexibility index (Phi) is 9.78. The van der Waals surface area contributed by atoms with E-state index in [4.69, 9.17) is 4.74 Å². The van der Waals surface area contributed by atoms with Crippen molar-refractivity contribution < 1.29 is 17.9 Å². The lowest BCUT2D eigenvalue weighted by molar-refractivity contribution is -0.142. The first-order chi connectivity index (χ1) is 16.9. The van der Waals surface area contributed by atoms with Gasteiger partial charge in [0.15, 0.2) is 0 Å². The summed E-state index contributed by atoms with van der Waals surface area (Å²) in [7, 11) is -2.61. The SMILES string of the molecule is COC(=O)[C@H](C/C=C\CN(Cc1ccccc1)Cc1ccccc1)NS(=O)(=O)c1ccc(C)cc1. The molecule has 0 saturated carbocycles. The van der Waals surface area contributed by atoms with Crippen LogP contribution in [0, 0.1) is 6.92 Å². The summed E-state index contributed by atoms with van der Waals surface area (Å²) in [6, 6.07) is 25.9. The lowest BCUT2D eigenvalue weighted by Gasteiger charge is -2.21. The smallest absolute Gasteiger partial charge is 0.324 e. The van der Waals surface area contributed by atoms with Gasteiger partial charge in [0.05, 0.1) is 12.0 Å². The molecular formula is C28H32N2O4S. The largest absolute Gasteiger partial charge is 0.468 e. The van der Waals surface area contributed by atoms with Gasteiger partial charge >= 0.3 is 5.97 Å². The van der Waals surface area contributed by atoms with Gasteiger partial charge in [0.1, 0.15) is 6.04 Å². The molecular weight excluding hydrogens is 460 g/mol. The van der Waals surface area contributed by atoms with Crippen molar-refractivity contribution in [3.8, 4) is 0 Å². The number of sulfonamides is 1. The highest BCUT2D eigenvalue weighted by molar-refractivity contribution is 7.89. The molecule has 0 aliphatic heterocycles. The van der Waals surface area contributed by atoms with Gasteiger partial charge in [0.25, 0.3) is 0 Å². The molecule has 0 amide bonds. The van der Waals surface area contributed by atoms with Gasteiger partial charge in [-0.15, -0.1) is 0 Å². The number of aryl methyl sites for hydroxylation is 1. The summed E-state index contributed by atoms with van der Waals surface area (Å²) in [5, 5.41) is 0. The number of hydrogen-bond acceptors (Lipinski definition) is 5. The molecule has 0 fully saturated rings. The zero-order valence-corrected chi connectivity index (χ0v) is 20.9. The molecule has 0 spiro atoms. The predicted molar refractivity (Wildman–Crippen MR) is 138 cm³/mol. The molecule has 3 rings (SSSR count). The third-order valence-corrected chi connectivity index (χ3v) is 7.00. The van der Waals surface area contributed by atoms with E-state index in [1.54, 1.807) is 12.1 Å². The van der Waals surface area contributed by atoms with Gasteiger partial charge < -0.3 is 4.74 Å². The fourth-order valence-corrected chi connectivity index (χ4v) is 4.83. The second kappa shape index (κ2) is 13.0. The van der Waals surface area contributed by atoms with E-state index in [2.05, 4.69) is 33.9 Å². The summed E-state index contributed by atoms with van der Waals surface area (Å²) in [4.78, 5) is 14.7. The normalized spacial score (nSPS) is 12.7. The lowest BCUT2D eigenvalue weighted by Crippen LogP contribution is -2.41. The number of ether oxygens (including phenoxy) is 1. The summed E-state index contributed by atoms with van der Waals surface area (Å²) in [6.07, 6.45) is 3.96. The van der Waals surface area contributed by atoms with Gasteiger partial charge in [-0.3, -0.25) is 9.69 Å². The number of esters is 1. The van der Waals surface area contributed by atoms with Crippen molar-refractivity contribution >= 4 is 16.0 Å².